The molecule has 0 bridgehead atoms. The first-order valence-corrected chi connectivity index (χ1v) is 8.60. The molecule has 1 unspecified atom stereocenters. The first kappa shape index (κ1) is 17.9. The van der Waals surface area contributed by atoms with Crippen LogP contribution in [0.25, 0.3) is 0 Å². The van der Waals surface area contributed by atoms with Gasteiger partial charge < -0.3 is 25.4 Å². The smallest absolute Gasteiger partial charge is 0.246 e. The van der Waals surface area contributed by atoms with Crippen LogP contribution in [-0.4, -0.2) is 31.2 Å². The second-order valence-electron chi connectivity index (χ2n) is 7.08. The van der Waals surface area contributed by atoms with Crippen LogP contribution in [-0.2, 0) is 4.79 Å². The molecule has 26 heavy (non-hydrogen) atoms. The summed E-state index contributed by atoms with van der Waals surface area (Å²) in [6, 6.07) is 12.5. The van der Waals surface area contributed by atoms with Crippen LogP contribution in [0.15, 0.2) is 42.5 Å². The van der Waals surface area contributed by atoms with Crippen LogP contribution in [0.2, 0.25) is 0 Å². The van der Waals surface area contributed by atoms with Crippen molar-refractivity contribution >= 4 is 23.0 Å². The van der Waals surface area contributed by atoms with E-state index in [9.17, 15) is 4.79 Å². The summed E-state index contributed by atoms with van der Waals surface area (Å²) in [5, 5.41) is 2.96. The fraction of sp³-hybridized carbons (Fsp3) is 0.350. The number of carbonyl (C=O) groups is 1. The topological polar surface area (TPSA) is 76.8 Å². The van der Waals surface area contributed by atoms with Gasteiger partial charge in [-0.2, -0.15) is 0 Å². The largest absolute Gasteiger partial charge is 0.495 e. The van der Waals surface area contributed by atoms with Crippen LogP contribution in [0.1, 0.15) is 20.8 Å². The van der Waals surface area contributed by atoms with Crippen LogP contribution >= 0.6 is 0 Å². The number of hydrogen-bond donors (Lipinski definition) is 2. The normalized spacial score (nSPS) is 16.2. The number of fused-ring (bicyclic) bond motifs is 1. The lowest BCUT2D eigenvalue weighted by Crippen LogP contribution is -2.53. The summed E-state index contributed by atoms with van der Waals surface area (Å²) >= 11 is 0. The highest BCUT2D eigenvalue weighted by molar-refractivity contribution is 5.98. The lowest BCUT2D eigenvalue weighted by atomic mass is 10.0. The number of ether oxygens (including phenoxy) is 2. The second kappa shape index (κ2) is 6.78. The monoisotopic (exact) mass is 355 g/mol. The van der Waals surface area contributed by atoms with Gasteiger partial charge >= 0.3 is 0 Å². The van der Waals surface area contributed by atoms with E-state index >= 15 is 0 Å². The van der Waals surface area contributed by atoms with Gasteiger partial charge in [-0.3, -0.25) is 4.79 Å². The van der Waals surface area contributed by atoms with Crippen molar-refractivity contribution in [1.82, 2.24) is 0 Å². The molecule has 3 rings (SSSR count). The Labute approximate surface area is 153 Å². The summed E-state index contributed by atoms with van der Waals surface area (Å²) in [7, 11) is 1.58. The van der Waals surface area contributed by atoms with Crippen LogP contribution < -0.4 is 25.4 Å². The molecule has 0 spiro atoms. The summed E-state index contributed by atoms with van der Waals surface area (Å²) in [6.07, 6.45) is 0. The highest BCUT2D eigenvalue weighted by Crippen LogP contribution is 2.39. The van der Waals surface area contributed by atoms with E-state index in [1.807, 2.05) is 62.1 Å². The van der Waals surface area contributed by atoms with Gasteiger partial charge in [-0.1, -0.05) is 12.1 Å². The van der Waals surface area contributed by atoms with Gasteiger partial charge in [0.2, 0.25) is 5.91 Å². The van der Waals surface area contributed by atoms with Gasteiger partial charge in [-0.25, -0.2) is 0 Å². The predicted octanol–water partition coefficient (Wildman–Crippen LogP) is 3.28. The van der Waals surface area contributed by atoms with Crippen molar-refractivity contribution in [2.75, 3.05) is 29.6 Å². The molecular weight excluding hydrogens is 330 g/mol. The van der Waals surface area contributed by atoms with Crippen molar-refractivity contribution in [3.63, 3.8) is 0 Å². The number of benzene rings is 2. The van der Waals surface area contributed by atoms with E-state index in [-0.39, 0.29) is 5.91 Å². The highest BCUT2D eigenvalue weighted by atomic mass is 16.5. The number of nitrogens with zero attached hydrogens (tertiary/aromatic N) is 1. The Bertz CT molecular complexity index is 820. The van der Waals surface area contributed by atoms with Crippen LogP contribution in [0.3, 0.4) is 0 Å². The zero-order valence-electron chi connectivity index (χ0n) is 15.6. The standard InChI is InChI=1S/C20H25N3O3/c1-13(19(24)22-15-7-5-6-8-17(15)25-4)23-12-20(2,3)26-18-11-14(21)9-10-16(18)23/h5-11,13H,12,21H2,1-4H3,(H,22,24). The Morgan fingerprint density at radius 1 is 1.31 bits per heavy atom. The van der Waals surface area contributed by atoms with Gasteiger partial charge in [0.05, 0.1) is 25.0 Å². The molecule has 0 aliphatic carbocycles. The minimum absolute atomic E-state index is 0.116. The van der Waals surface area contributed by atoms with Crippen molar-refractivity contribution in [2.45, 2.75) is 32.4 Å². The SMILES string of the molecule is COc1ccccc1NC(=O)C(C)N1CC(C)(C)Oc2cc(N)ccc21. The van der Waals surface area contributed by atoms with Gasteiger partial charge in [-0.05, 0) is 45.0 Å². The average molecular weight is 355 g/mol. The van der Waals surface area contributed by atoms with Gasteiger partial charge in [0.15, 0.2) is 0 Å². The Morgan fingerprint density at radius 2 is 2.04 bits per heavy atom. The molecule has 0 saturated heterocycles. The Kier molecular flexibility index (Phi) is 4.68. The summed E-state index contributed by atoms with van der Waals surface area (Å²) in [5.41, 5.74) is 7.61. The van der Waals surface area contributed by atoms with E-state index in [4.69, 9.17) is 15.2 Å². The molecule has 1 atom stereocenters. The molecule has 6 heteroatoms. The third-order valence-corrected chi connectivity index (χ3v) is 4.44. The van der Waals surface area contributed by atoms with Crippen LogP contribution in [0, 0.1) is 0 Å². The number of nitrogen functional groups attached to an aromatic ring is 1. The molecule has 0 radical (unpaired) electrons. The number of rotatable bonds is 4. The molecule has 0 fully saturated rings. The summed E-state index contributed by atoms with van der Waals surface area (Å²) in [6.45, 7) is 6.46. The molecule has 3 N–H and O–H groups in total. The quantitative estimate of drug-likeness (QED) is 0.823. The molecule has 0 aromatic heterocycles. The highest BCUT2D eigenvalue weighted by Gasteiger charge is 2.36. The Morgan fingerprint density at radius 3 is 2.77 bits per heavy atom. The number of anilines is 3. The van der Waals surface area contributed by atoms with Crippen molar-refractivity contribution in [2.24, 2.45) is 0 Å². The summed E-state index contributed by atoms with van der Waals surface area (Å²) in [4.78, 5) is 14.9. The number of nitrogens with two attached hydrogens (primary N) is 1. The lowest BCUT2D eigenvalue weighted by molar-refractivity contribution is -0.117. The molecule has 1 heterocycles. The van der Waals surface area contributed by atoms with Crippen molar-refractivity contribution in [3.8, 4) is 11.5 Å². The van der Waals surface area contributed by atoms with Crippen molar-refractivity contribution < 1.29 is 14.3 Å². The third-order valence-electron chi connectivity index (χ3n) is 4.44. The van der Waals surface area contributed by atoms with E-state index in [2.05, 4.69) is 5.32 Å². The third kappa shape index (κ3) is 3.54. The number of para-hydroxylation sites is 2. The molecule has 1 amide bonds. The summed E-state index contributed by atoms with van der Waals surface area (Å²) < 4.78 is 11.4. The van der Waals surface area contributed by atoms with E-state index in [0.717, 1.165) is 5.69 Å². The fourth-order valence-electron chi connectivity index (χ4n) is 3.15. The van der Waals surface area contributed by atoms with Crippen molar-refractivity contribution in [3.05, 3.63) is 42.5 Å². The zero-order valence-corrected chi connectivity index (χ0v) is 15.6. The number of hydrogen-bond acceptors (Lipinski definition) is 5. The second-order valence-corrected chi connectivity index (χ2v) is 7.08. The van der Waals surface area contributed by atoms with Crippen LogP contribution in [0.5, 0.6) is 11.5 Å². The number of nitrogens with one attached hydrogen (secondary N) is 1. The molecule has 2 aromatic carbocycles. The van der Waals surface area contributed by atoms with E-state index in [1.165, 1.54) is 0 Å². The zero-order chi connectivity index (χ0) is 18.9. The van der Waals surface area contributed by atoms with Crippen LogP contribution in [0.4, 0.5) is 17.1 Å². The number of carbonyl (C=O) groups excluding carboxylic acids is 1. The van der Waals surface area contributed by atoms with Gasteiger partial charge in [0, 0.05) is 11.8 Å². The maximum absolute atomic E-state index is 12.9. The molecule has 138 valence electrons. The van der Waals surface area contributed by atoms with Gasteiger partial charge in [-0.15, -0.1) is 0 Å². The maximum Gasteiger partial charge on any atom is 0.246 e. The lowest BCUT2D eigenvalue weighted by Gasteiger charge is -2.43. The molecular formula is C20H25N3O3. The molecule has 1 aliphatic heterocycles. The molecule has 6 nitrogen and oxygen atoms in total. The maximum atomic E-state index is 12.9. The van der Waals surface area contributed by atoms with Gasteiger partial charge in [0.1, 0.15) is 23.1 Å². The fourth-order valence-corrected chi connectivity index (χ4v) is 3.15. The summed E-state index contributed by atoms with van der Waals surface area (Å²) in [5.74, 6) is 1.21. The predicted molar refractivity (Wildman–Crippen MR) is 104 cm³/mol. The van der Waals surface area contributed by atoms with E-state index in [1.54, 1.807) is 13.2 Å². The van der Waals surface area contributed by atoms with Gasteiger partial charge in [0.25, 0.3) is 0 Å². The average Bonchev–Trinajstić information content (AvgIpc) is 2.59. The van der Waals surface area contributed by atoms with Crippen molar-refractivity contribution in [1.29, 1.82) is 0 Å². The molecule has 2 aromatic rings. The number of amides is 1. The first-order chi connectivity index (χ1) is 12.3. The minimum atomic E-state index is -0.431. The Hall–Kier alpha value is -2.89. The van der Waals surface area contributed by atoms with E-state index < -0.39 is 11.6 Å². The molecule has 0 saturated carbocycles. The van der Waals surface area contributed by atoms with E-state index in [0.29, 0.717) is 29.4 Å². The minimum Gasteiger partial charge on any atom is -0.495 e. The number of methoxy groups -OCH3 is 1. The Balaban J connectivity index is 1.87. The first-order valence-electron chi connectivity index (χ1n) is 8.60. The molecule has 1 aliphatic rings.